The van der Waals surface area contributed by atoms with Gasteiger partial charge < -0.3 is 9.64 Å². The fraction of sp³-hybridized carbons (Fsp3) is 0.533. The predicted octanol–water partition coefficient (Wildman–Crippen LogP) is 2.78. The second-order valence-electron chi connectivity index (χ2n) is 5.85. The molecule has 1 atom stereocenters. The molecular formula is C15H21NO2. The van der Waals surface area contributed by atoms with Gasteiger partial charge in [-0.1, -0.05) is 18.2 Å². The first-order valence-corrected chi connectivity index (χ1v) is 6.42. The van der Waals surface area contributed by atoms with E-state index in [-0.39, 0.29) is 24.2 Å². The lowest BCUT2D eigenvalue weighted by atomic mass is 10.1. The summed E-state index contributed by atoms with van der Waals surface area (Å²) in [6.45, 7) is 8.10. The van der Waals surface area contributed by atoms with Crippen LogP contribution in [0.25, 0.3) is 0 Å². The first kappa shape index (κ1) is 13.1. The Labute approximate surface area is 109 Å². The van der Waals surface area contributed by atoms with Crippen molar-refractivity contribution in [3.05, 3.63) is 29.8 Å². The molecule has 1 aliphatic rings. The van der Waals surface area contributed by atoms with E-state index in [9.17, 15) is 4.79 Å². The molecule has 0 aromatic heterocycles. The molecule has 0 spiro atoms. The Bertz CT molecular complexity index is 448. The van der Waals surface area contributed by atoms with Crippen LogP contribution in [0.5, 0.6) is 0 Å². The summed E-state index contributed by atoms with van der Waals surface area (Å²) in [5, 5.41) is 0. The number of rotatable bonds is 2. The van der Waals surface area contributed by atoms with Crippen LogP contribution in [0.1, 0.15) is 33.3 Å². The third kappa shape index (κ3) is 2.72. The molecule has 3 heteroatoms. The standard InChI is InChI=1S/C15H21NO2/c1-11-9-12-7-5-6-8-13(12)16(11)14(17)10-18-15(2,3)4/h5-8,11H,9-10H2,1-4H3. The summed E-state index contributed by atoms with van der Waals surface area (Å²) in [5.74, 6) is 0.0439. The Morgan fingerprint density at radius 2 is 2.06 bits per heavy atom. The lowest BCUT2D eigenvalue weighted by molar-refractivity contribution is -0.128. The molecule has 0 aliphatic carbocycles. The van der Waals surface area contributed by atoms with Crippen LogP contribution in [0.2, 0.25) is 0 Å². The minimum Gasteiger partial charge on any atom is -0.366 e. The zero-order valence-electron chi connectivity index (χ0n) is 11.6. The Morgan fingerprint density at radius 3 is 2.72 bits per heavy atom. The Morgan fingerprint density at radius 1 is 1.39 bits per heavy atom. The van der Waals surface area contributed by atoms with Crippen molar-refractivity contribution in [3.8, 4) is 0 Å². The van der Waals surface area contributed by atoms with Crippen molar-refractivity contribution in [1.82, 2.24) is 0 Å². The van der Waals surface area contributed by atoms with Crippen molar-refractivity contribution in [2.75, 3.05) is 11.5 Å². The summed E-state index contributed by atoms with van der Waals surface area (Å²) in [6, 6.07) is 8.31. The second kappa shape index (κ2) is 4.73. The smallest absolute Gasteiger partial charge is 0.253 e. The maximum Gasteiger partial charge on any atom is 0.253 e. The monoisotopic (exact) mass is 247 g/mol. The molecule has 98 valence electrons. The minimum atomic E-state index is -0.280. The van der Waals surface area contributed by atoms with Gasteiger partial charge in [-0.25, -0.2) is 0 Å². The number of nitrogens with zero attached hydrogens (tertiary/aromatic N) is 1. The van der Waals surface area contributed by atoms with Crippen LogP contribution in [0.3, 0.4) is 0 Å². The molecular weight excluding hydrogens is 226 g/mol. The first-order chi connectivity index (χ1) is 8.38. The number of ether oxygens (including phenoxy) is 1. The summed E-state index contributed by atoms with van der Waals surface area (Å²) >= 11 is 0. The highest BCUT2D eigenvalue weighted by atomic mass is 16.5. The van der Waals surface area contributed by atoms with Gasteiger partial charge >= 0.3 is 0 Å². The van der Waals surface area contributed by atoms with Gasteiger partial charge in [0.25, 0.3) is 5.91 Å². The zero-order valence-corrected chi connectivity index (χ0v) is 11.6. The normalized spacial score (nSPS) is 18.9. The predicted molar refractivity (Wildman–Crippen MR) is 72.8 cm³/mol. The van der Waals surface area contributed by atoms with E-state index in [1.807, 2.05) is 43.9 Å². The Balaban J connectivity index is 2.11. The number of hydrogen-bond acceptors (Lipinski definition) is 2. The van der Waals surface area contributed by atoms with E-state index in [2.05, 4.69) is 13.0 Å². The van der Waals surface area contributed by atoms with Gasteiger partial charge in [-0.05, 0) is 45.7 Å². The third-order valence-electron chi connectivity index (χ3n) is 3.10. The van der Waals surface area contributed by atoms with Crippen molar-refractivity contribution in [3.63, 3.8) is 0 Å². The van der Waals surface area contributed by atoms with E-state index in [1.165, 1.54) is 5.56 Å². The number of carbonyl (C=O) groups excluding carboxylic acids is 1. The van der Waals surface area contributed by atoms with Crippen LogP contribution in [-0.4, -0.2) is 24.2 Å². The van der Waals surface area contributed by atoms with Gasteiger partial charge in [-0.15, -0.1) is 0 Å². The van der Waals surface area contributed by atoms with Crippen molar-refractivity contribution in [1.29, 1.82) is 0 Å². The van der Waals surface area contributed by atoms with E-state index in [4.69, 9.17) is 4.74 Å². The fourth-order valence-corrected chi connectivity index (χ4v) is 2.29. The van der Waals surface area contributed by atoms with Crippen LogP contribution < -0.4 is 4.90 Å². The number of benzene rings is 1. The van der Waals surface area contributed by atoms with Gasteiger partial charge in [0.1, 0.15) is 6.61 Å². The first-order valence-electron chi connectivity index (χ1n) is 6.42. The molecule has 0 N–H and O–H groups in total. The van der Waals surface area contributed by atoms with Crippen LogP contribution in [0.15, 0.2) is 24.3 Å². The van der Waals surface area contributed by atoms with Crippen LogP contribution >= 0.6 is 0 Å². The van der Waals surface area contributed by atoms with E-state index in [0.29, 0.717) is 0 Å². The summed E-state index contributed by atoms with van der Waals surface area (Å²) in [4.78, 5) is 14.1. The molecule has 18 heavy (non-hydrogen) atoms. The van der Waals surface area contributed by atoms with Crippen LogP contribution in [0, 0.1) is 0 Å². The maximum absolute atomic E-state index is 12.3. The summed E-state index contributed by atoms with van der Waals surface area (Å²) in [6.07, 6.45) is 0.928. The quantitative estimate of drug-likeness (QED) is 0.804. The third-order valence-corrected chi connectivity index (χ3v) is 3.10. The number of anilines is 1. The van der Waals surface area contributed by atoms with Crippen LogP contribution in [-0.2, 0) is 16.0 Å². The molecule has 0 bridgehead atoms. The number of carbonyl (C=O) groups is 1. The average Bonchev–Trinajstić information content (AvgIpc) is 2.61. The molecule has 1 amide bonds. The molecule has 2 rings (SSSR count). The number of fused-ring (bicyclic) bond motifs is 1. The molecule has 1 aliphatic heterocycles. The topological polar surface area (TPSA) is 29.5 Å². The molecule has 0 fully saturated rings. The lowest BCUT2D eigenvalue weighted by Crippen LogP contribution is -2.40. The van der Waals surface area contributed by atoms with Crippen molar-refractivity contribution in [2.45, 2.75) is 45.8 Å². The molecule has 1 aromatic carbocycles. The lowest BCUT2D eigenvalue weighted by Gasteiger charge is -2.25. The maximum atomic E-state index is 12.3. The highest BCUT2D eigenvalue weighted by Crippen LogP contribution is 2.31. The highest BCUT2D eigenvalue weighted by molar-refractivity contribution is 5.97. The molecule has 0 radical (unpaired) electrons. The van der Waals surface area contributed by atoms with Crippen molar-refractivity contribution < 1.29 is 9.53 Å². The Hall–Kier alpha value is -1.35. The fourth-order valence-electron chi connectivity index (χ4n) is 2.29. The van der Waals surface area contributed by atoms with Gasteiger partial charge in [0.2, 0.25) is 0 Å². The van der Waals surface area contributed by atoms with Crippen molar-refractivity contribution in [2.24, 2.45) is 0 Å². The van der Waals surface area contributed by atoms with E-state index < -0.39 is 0 Å². The van der Waals surface area contributed by atoms with Gasteiger partial charge in [0, 0.05) is 11.7 Å². The molecule has 0 saturated carbocycles. The summed E-state index contributed by atoms with van der Waals surface area (Å²) in [5.41, 5.74) is 2.00. The van der Waals surface area contributed by atoms with E-state index >= 15 is 0 Å². The average molecular weight is 247 g/mol. The SMILES string of the molecule is CC1Cc2ccccc2N1C(=O)COC(C)(C)C. The zero-order chi connectivity index (χ0) is 13.3. The van der Waals surface area contributed by atoms with E-state index in [0.717, 1.165) is 12.1 Å². The summed E-state index contributed by atoms with van der Waals surface area (Å²) < 4.78 is 5.58. The molecule has 1 heterocycles. The molecule has 1 aromatic rings. The van der Waals surface area contributed by atoms with Gasteiger partial charge in [-0.3, -0.25) is 4.79 Å². The minimum absolute atomic E-state index is 0.0439. The molecule has 1 unspecified atom stereocenters. The molecule has 0 saturated heterocycles. The molecule has 3 nitrogen and oxygen atoms in total. The number of amides is 1. The highest BCUT2D eigenvalue weighted by Gasteiger charge is 2.30. The van der Waals surface area contributed by atoms with Gasteiger partial charge in [0.15, 0.2) is 0 Å². The van der Waals surface area contributed by atoms with Crippen LogP contribution in [0.4, 0.5) is 5.69 Å². The second-order valence-corrected chi connectivity index (χ2v) is 5.85. The number of hydrogen-bond donors (Lipinski definition) is 0. The van der Waals surface area contributed by atoms with Gasteiger partial charge in [0.05, 0.1) is 5.60 Å². The Kier molecular flexibility index (Phi) is 3.44. The van der Waals surface area contributed by atoms with Gasteiger partial charge in [-0.2, -0.15) is 0 Å². The van der Waals surface area contributed by atoms with E-state index in [1.54, 1.807) is 0 Å². The largest absolute Gasteiger partial charge is 0.366 e. The number of para-hydroxylation sites is 1. The summed E-state index contributed by atoms with van der Waals surface area (Å²) in [7, 11) is 0. The van der Waals surface area contributed by atoms with Crippen molar-refractivity contribution >= 4 is 11.6 Å².